The average Bonchev–Trinajstić information content (AvgIpc) is 2.77. The molecule has 7 nitrogen and oxygen atoms in total. The van der Waals surface area contributed by atoms with Gasteiger partial charge in [-0.3, -0.25) is 4.79 Å². The van der Waals surface area contributed by atoms with Crippen LogP contribution in [0.25, 0.3) is 0 Å². The van der Waals surface area contributed by atoms with E-state index in [0.717, 1.165) is 5.56 Å². The van der Waals surface area contributed by atoms with Crippen LogP contribution in [0.2, 0.25) is 0 Å². The molecule has 0 spiro atoms. The summed E-state index contributed by atoms with van der Waals surface area (Å²) >= 11 is 0. The molecule has 1 aliphatic heterocycles. The van der Waals surface area contributed by atoms with Crippen molar-refractivity contribution >= 4 is 15.9 Å². The van der Waals surface area contributed by atoms with Crippen molar-refractivity contribution in [2.24, 2.45) is 5.92 Å². The number of ether oxygens (including phenoxy) is 2. The molecule has 1 saturated heterocycles. The molecule has 2 aromatic rings. The van der Waals surface area contributed by atoms with Gasteiger partial charge in [-0.2, -0.15) is 4.31 Å². The SMILES string of the molecule is COc1ccc(S(=O)(=O)N2CCC[C@@H](C(=O)NCc3ccccc3OC)C2)cc1. The molecule has 1 heterocycles. The number of benzene rings is 2. The second-order valence-electron chi connectivity index (χ2n) is 6.91. The fourth-order valence-electron chi connectivity index (χ4n) is 3.45. The van der Waals surface area contributed by atoms with Crippen LogP contribution in [-0.2, 0) is 21.4 Å². The Labute approximate surface area is 171 Å². The Bertz CT molecular complexity index is 944. The van der Waals surface area contributed by atoms with Gasteiger partial charge in [0, 0.05) is 25.2 Å². The summed E-state index contributed by atoms with van der Waals surface area (Å²) in [5, 5.41) is 2.91. The van der Waals surface area contributed by atoms with Gasteiger partial charge in [-0.15, -0.1) is 0 Å². The Morgan fingerprint density at radius 3 is 2.52 bits per heavy atom. The van der Waals surface area contributed by atoms with Gasteiger partial charge >= 0.3 is 0 Å². The molecular weight excluding hydrogens is 392 g/mol. The van der Waals surface area contributed by atoms with E-state index in [4.69, 9.17) is 9.47 Å². The highest BCUT2D eigenvalue weighted by Gasteiger charge is 2.33. The lowest BCUT2D eigenvalue weighted by atomic mass is 9.98. The predicted octanol–water partition coefficient (Wildman–Crippen LogP) is 2.42. The van der Waals surface area contributed by atoms with E-state index < -0.39 is 10.0 Å². The molecule has 0 bridgehead atoms. The van der Waals surface area contributed by atoms with Gasteiger partial charge < -0.3 is 14.8 Å². The number of amides is 1. The zero-order valence-corrected chi connectivity index (χ0v) is 17.4. The number of piperidine rings is 1. The van der Waals surface area contributed by atoms with Crippen LogP contribution in [0.5, 0.6) is 11.5 Å². The summed E-state index contributed by atoms with van der Waals surface area (Å²) in [5.74, 6) is 0.772. The molecule has 2 aromatic carbocycles. The molecule has 8 heteroatoms. The first-order valence-corrected chi connectivity index (χ1v) is 10.9. The second kappa shape index (κ2) is 9.28. The number of nitrogens with one attached hydrogen (secondary N) is 1. The molecule has 1 aliphatic rings. The number of carbonyl (C=O) groups excluding carboxylic acids is 1. The number of hydrogen-bond acceptors (Lipinski definition) is 5. The van der Waals surface area contributed by atoms with Crippen molar-refractivity contribution in [1.82, 2.24) is 9.62 Å². The number of para-hydroxylation sites is 1. The molecule has 1 fully saturated rings. The van der Waals surface area contributed by atoms with Crippen molar-refractivity contribution in [2.45, 2.75) is 24.3 Å². The van der Waals surface area contributed by atoms with Gasteiger partial charge in [-0.1, -0.05) is 18.2 Å². The van der Waals surface area contributed by atoms with E-state index in [1.807, 2.05) is 24.3 Å². The maximum absolute atomic E-state index is 13.0. The normalized spacial score (nSPS) is 17.5. The van der Waals surface area contributed by atoms with Crippen LogP contribution in [0.1, 0.15) is 18.4 Å². The summed E-state index contributed by atoms with van der Waals surface area (Å²) < 4.78 is 37.7. The van der Waals surface area contributed by atoms with Crippen molar-refractivity contribution in [3.63, 3.8) is 0 Å². The van der Waals surface area contributed by atoms with E-state index in [2.05, 4.69) is 5.32 Å². The van der Waals surface area contributed by atoms with Crippen molar-refractivity contribution < 1.29 is 22.7 Å². The van der Waals surface area contributed by atoms with Crippen LogP contribution >= 0.6 is 0 Å². The number of nitrogens with zero attached hydrogens (tertiary/aromatic N) is 1. The summed E-state index contributed by atoms with van der Waals surface area (Å²) in [5.41, 5.74) is 0.877. The van der Waals surface area contributed by atoms with Gasteiger partial charge in [0.05, 0.1) is 25.0 Å². The Balaban J connectivity index is 1.65. The molecular formula is C21H26N2O5S. The Hall–Kier alpha value is -2.58. The van der Waals surface area contributed by atoms with E-state index in [1.54, 1.807) is 19.2 Å². The largest absolute Gasteiger partial charge is 0.497 e. The predicted molar refractivity (Wildman–Crippen MR) is 109 cm³/mol. The van der Waals surface area contributed by atoms with E-state index in [9.17, 15) is 13.2 Å². The number of methoxy groups -OCH3 is 2. The number of carbonyl (C=O) groups is 1. The van der Waals surface area contributed by atoms with Gasteiger partial charge in [0.15, 0.2) is 0 Å². The third-order valence-electron chi connectivity index (χ3n) is 5.10. The molecule has 0 saturated carbocycles. The lowest BCUT2D eigenvalue weighted by molar-refractivity contribution is -0.126. The van der Waals surface area contributed by atoms with E-state index >= 15 is 0 Å². The van der Waals surface area contributed by atoms with Crippen LogP contribution in [0, 0.1) is 5.92 Å². The fraction of sp³-hybridized carbons (Fsp3) is 0.381. The first-order chi connectivity index (χ1) is 14.0. The Morgan fingerprint density at radius 2 is 1.83 bits per heavy atom. The van der Waals surface area contributed by atoms with E-state index in [1.165, 1.54) is 23.5 Å². The van der Waals surface area contributed by atoms with Gasteiger partial charge in [0.1, 0.15) is 11.5 Å². The minimum atomic E-state index is -3.65. The van der Waals surface area contributed by atoms with Crippen molar-refractivity contribution in [3.05, 3.63) is 54.1 Å². The molecule has 29 heavy (non-hydrogen) atoms. The third-order valence-corrected chi connectivity index (χ3v) is 6.98. The summed E-state index contributed by atoms with van der Waals surface area (Å²) in [6.45, 7) is 0.918. The topological polar surface area (TPSA) is 84.9 Å². The standard InChI is InChI=1S/C21H26N2O5S/c1-27-18-9-11-19(12-10-18)29(25,26)23-13-5-7-17(15-23)21(24)22-14-16-6-3-4-8-20(16)28-2/h3-4,6,8-12,17H,5,7,13-15H2,1-2H3,(H,22,24)/t17-/m1/s1. The number of rotatable bonds is 7. The molecule has 1 atom stereocenters. The van der Waals surface area contributed by atoms with Gasteiger partial charge in [0.25, 0.3) is 0 Å². The van der Waals surface area contributed by atoms with Crippen LogP contribution in [0.4, 0.5) is 0 Å². The van der Waals surface area contributed by atoms with Gasteiger partial charge in [-0.25, -0.2) is 8.42 Å². The first-order valence-electron chi connectivity index (χ1n) is 9.49. The first kappa shape index (κ1) is 21.1. The smallest absolute Gasteiger partial charge is 0.243 e. The summed E-state index contributed by atoms with van der Waals surface area (Å²) in [6.07, 6.45) is 1.30. The van der Waals surface area contributed by atoms with E-state index in [0.29, 0.717) is 37.4 Å². The van der Waals surface area contributed by atoms with E-state index in [-0.39, 0.29) is 23.3 Å². The van der Waals surface area contributed by atoms with Gasteiger partial charge in [-0.05, 0) is 43.2 Å². The lowest BCUT2D eigenvalue weighted by Gasteiger charge is -2.31. The molecule has 1 amide bonds. The molecule has 1 N–H and O–H groups in total. The second-order valence-corrected chi connectivity index (χ2v) is 8.85. The highest BCUT2D eigenvalue weighted by Crippen LogP contribution is 2.25. The zero-order chi connectivity index (χ0) is 20.9. The molecule has 156 valence electrons. The quantitative estimate of drug-likeness (QED) is 0.747. The Kier molecular flexibility index (Phi) is 6.76. The molecule has 0 aromatic heterocycles. The fourth-order valence-corrected chi connectivity index (χ4v) is 4.97. The molecule has 0 unspecified atom stereocenters. The van der Waals surface area contributed by atoms with Crippen LogP contribution in [0.15, 0.2) is 53.4 Å². The maximum Gasteiger partial charge on any atom is 0.243 e. The number of hydrogen-bond donors (Lipinski definition) is 1. The number of sulfonamides is 1. The molecule has 0 radical (unpaired) electrons. The third kappa shape index (κ3) is 4.89. The zero-order valence-electron chi connectivity index (χ0n) is 16.6. The van der Waals surface area contributed by atoms with Crippen molar-refractivity contribution in [1.29, 1.82) is 0 Å². The van der Waals surface area contributed by atoms with Crippen LogP contribution < -0.4 is 14.8 Å². The lowest BCUT2D eigenvalue weighted by Crippen LogP contribution is -2.45. The molecule has 0 aliphatic carbocycles. The summed E-state index contributed by atoms with van der Waals surface area (Å²) in [7, 11) is -0.536. The monoisotopic (exact) mass is 418 g/mol. The highest BCUT2D eigenvalue weighted by molar-refractivity contribution is 7.89. The highest BCUT2D eigenvalue weighted by atomic mass is 32.2. The average molecular weight is 419 g/mol. The summed E-state index contributed by atoms with van der Waals surface area (Å²) in [6, 6.07) is 13.8. The Morgan fingerprint density at radius 1 is 1.10 bits per heavy atom. The van der Waals surface area contributed by atoms with Crippen molar-refractivity contribution in [3.8, 4) is 11.5 Å². The minimum Gasteiger partial charge on any atom is -0.497 e. The van der Waals surface area contributed by atoms with Crippen LogP contribution in [0.3, 0.4) is 0 Å². The summed E-state index contributed by atoms with van der Waals surface area (Å²) in [4.78, 5) is 12.9. The maximum atomic E-state index is 13.0. The van der Waals surface area contributed by atoms with Gasteiger partial charge in [0.2, 0.25) is 15.9 Å². The van der Waals surface area contributed by atoms with Crippen molar-refractivity contribution in [2.75, 3.05) is 27.3 Å². The molecule has 3 rings (SSSR count). The van der Waals surface area contributed by atoms with Crippen LogP contribution in [-0.4, -0.2) is 45.9 Å². The minimum absolute atomic E-state index is 0.148.